The summed E-state index contributed by atoms with van der Waals surface area (Å²) < 4.78 is 5.57. The van der Waals surface area contributed by atoms with Crippen LogP contribution in [0.3, 0.4) is 0 Å². The smallest absolute Gasteiger partial charge is 0.336 e. The van der Waals surface area contributed by atoms with Crippen molar-refractivity contribution in [2.24, 2.45) is 0 Å². The zero-order valence-corrected chi connectivity index (χ0v) is 13.1. The van der Waals surface area contributed by atoms with Crippen LogP contribution >= 0.6 is 0 Å². The lowest BCUT2D eigenvalue weighted by Crippen LogP contribution is -2.02. The normalized spacial score (nSPS) is 11.3. The molecule has 0 saturated heterocycles. The molecular weight excluding hydrogens is 276 g/mol. The molecule has 0 radical (unpaired) electrons. The maximum absolute atomic E-state index is 11.7. The van der Waals surface area contributed by atoms with Crippen LogP contribution in [0.1, 0.15) is 29.2 Å². The molecule has 0 saturated carbocycles. The Kier molecular flexibility index (Phi) is 4.99. The molecule has 2 aromatic carbocycles. The van der Waals surface area contributed by atoms with Crippen molar-refractivity contribution in [1.82, 2.24) is 0 Å². The van der Waals surface area contributed by atoms with Crippen molar-refractivity contribution in [2.45, 2.75) is 20.8 Å². The highest BCUT2D eigenvalue weighted by atomic mass is 16.5. The van der Waals surface area contributed by atoms with Gasteiger partial charge >= 0.3 is 5.97 Å². The summed E-state index contributed by atoms with van der Waals surface area (Å²) in [5, 5.41) is 9.59. The van der Waals surface area contributed by atoms with Gasteiger partial charge in [-0.05, 0) is 44.0 Å². The monoisotopic (exact) mass is 296 g/mol. The largest absolute Gasteiger partial charge is 0.493 e. The van der Waals surface area contributed by atoms with Gasteiger partial charge in [-0.25, -0.2) is 4.79 Å². The number of para-hydroxylation sites is 1. The summed E-state index contributed by atoms with van der Waals surface area (Å²) in [4.78, 5) is 11.7. The molecule has 0 aliphatic heterocycles. The second kappa shape index (κ2) is 6.94. The van der Waals surface area contributed by atoms with Crippen molar-refractivity contribution in [3.63, 3.8) is 0 Å². The number of hydrogen-bond donors (Lipinski definition) is 1. The third-order valence-electron chi connectivity index (χ3n) is 3.42. The number of hydrogen-bond acceptors (Lipinski definition) is 2. The molecule has 22 heavy (non-hydrogen) atoms. The van der Waals surface area contributed by atoms with E-state index in [-0.39, 0.29) is 5.57 Å². The van der Waals surface area contributed by atoms with Gasteiger partial charge in [0.05, 0.1) is 12.2 Å². The summed E-state index contributed by atoms with van der Waals surface area (Å²) in [5.41, 5.74) is 3.82. The van der Waals surface area contributed by atoms with Crippen LogP contribution in [0, 0.1) is 13.8 Å². The van der Waals surface area contributed by atoms with Crippen molar-refractivity contribution >= 4 is 17.6 Å². The molecule has 3 nitrogen and oxygen atoms in total. The molecule has 2 aromatic rings. The van der Waals surface area contributed by atoms with Crippen LogP contribution in [-0.2, 0) is 4.79 Å². The predicted octanol–water partition coefficient (Wildman–Crippen LogP) is 4.33. The predicted molar refractivity (Wildman–Crippen MR) is 89.0 cm³/mol. The fraction of sp³-hybridized carbons (Fsp3) is 0.211. The average Bonchev–Trinajstić information content (AvgIpc) is 2.47. The maximum Gasteiger partial charge on any atom is 0.336 e. The molecule has 0 aliphatic carbocycles. The molecule has 0 fully saturated rings. The number of aryl methyl sites for hydroxylation is 2. The number of aliphatic carboxylic acids is 1. The Morgan fingerprint density at radius 3 is 2.55 bits per heavy atom. The topological polar surface area (TPSA) is 46.5 Å². The highest BCUT2D eigenvalue weighted by molar-refractivity contribution is 6.21. The number of carboxylic acid groups (broad SMARTS) is 1. The van der Waals surface area contributed by atoms with Gasteiger partial charge in [-0.15, -0.1) is 0 Å². The standard InChI is InChI=1S/C19H20O3/c1-4-22-18-8-6-5-7-15(18)12-17(19(20)21)16-10-9-13(2)11-14(16)3/h5-12H,4H2,1-3H3,(H,20,21)/b17-12-. The summed E-state index contributed by atoms with van der Waals surface area (Å²) in [6.07, 6.45) is 1.67. The van der Waals surface area contributed by atoms with Crippen LogP contribution in [0.15, 0.2) is 42.5 Å². The number of ether oxygens (including phenoxy) is 1. The van der Waals surface area contributed by atoms with Crippen LogP contribution in [0.25, 0.3) is 11.6 Å². The molecule has 0 atom stereocenters. The lowest BCUT2D eigenvalue weighted by atomic mass is 9.97. The Hall–Kier alpha value is -2.55. The van der Waals surface area contributed by atoms with Gasteiger partial charge in [-0.3, -0.25) is 0 Å². The van der Waals surface area contributed by atoms with E-state index in [2.05, 4.69) is 0 Å². The van der Waals surface area contributed by atoms with Gasteiger partial charge in [0.2, 0.25) is 0 Å². The third-order valence-corrected chi connectivity index (χ3v) is 3.42. The number of carboxylic acids is 1. The van der Waals surface area contributed by atoms with Crippen molar-refractivity contribution < 1.29 is 14.6 Å². The average molecular weight is 296 g/mol. The molecule has 1 N–H and O–H groups in total. The lowest BCUT2D eigenvalue weighted by molar-refractivity contribution is -0.130. The first-order valence-corrected chi connectivity index (χ1v) is 7.27. The molecule has 0 aromatic heterocycles. The summed E-state index contributed by atoms with van der Waals surface area (Å²) in [6, 6.07) is 13.2. The first-order valence-electron chi connectivity index (χ1n) is 7.27. The maximum atomic E-state index is 11.7. The lowest BCUT2D eigenvalue weighted by Gasteiger charge is -2.10. The molecule has 0 bridgehead atoms. The van der Waals surface area contributed by atoms with E-state index in [0.717, 1.165) is 22.3 Å². The SMILES string of the molecule is CCOc1ccccc1/C=C(\C(=O)O)c1ccc(C)cc1C. The van der Waals surface area contributed by atoms with Crippen molar-refractivity contribution in [3.8, 4) is 5.75 Å². The second-order valence-electron chi connectivity index (χ2n) is 5.15. The van der Waals surface area contributed by atoms with Crippen LogP contribution in [0.5, 0.6) is 5.75 Å². The molecule has 0 aliphatic rings. The van der Waals surface area contributed by atoms with Crippen LogP contribution in [-0.4, -0.2) is 17.7 Å². The Balaban J connectivity index is 2.55. The van der Waals surface area contributed by atoms with Gasteiger partial charge in [0.1, 0.15) is 5.75 Å². The third kappa shape index (κ3) is 3.55. The van der Waals surface area contributed by atoms with Crippen molar-refractivity contribution in [2.75, 3.05) is 6.61 Å². The minimum Gasteiger partial charge on any atom is -0.493 e. The summed E-state index contributed by atoms with van der Waals surface area (Å²) in [6.45, 7) is 6.36. The molecule has 0 amide bonds. The quantitative estimate of drug-likeness (QED) is 0.660. The molecular formula is C19H20O3. The number of rotatable bonds is 5. The fourth-order valence-electron chi connectivity index (χ4n) is 2.41. The van der Waals surface area contributed by atoms with E-state index in [1.54, 1.807) is 6.08 Å². The Morgan fingerprint density at radius 1 is 1.18 bits per heavy atom. The van der Waals surface area contributed by atoms with Gasteiger partial charge in [-0.1, -0.05) is 42.0 Å². The van der Waals surface area contributed by atoms with E-state index in [1.165, 1.54) is 0 Å². The highest BCUT2D eigenvalue weighted by Gasteiger charge is 2.14. The van der Waals surface area contributed by atoms with Crippen molar-refractivity contribution in [1.29, 1.82) is 0 Å². The molecule has 114 valence electrons. The second-order valence-corrected chi connectivity index (χ2v) is 5.15. The first kappa shape index (κ1) is 15.8. The van der Waals surface area contributed by atoms with Gasteiger partial charge in [0.15, 0.2) is 0 Å². The van der Waals surface area contributed by atoms with Gasteiger partial charge in [0, 0.05) is 5.56 Å². The molecule has 2 rings (SSSR count). The Labute approximate surface area is 130 Å². The zero-order chi connectivity index (χ0) is 16.1. The van der Waals surface area contributed by atoms with Crippen LogP contribution in [0.2, 0.25) is 0 Å². The number of carbonyl (C=O) groups is 1. The van der Waals surface area contributed by atoms with E-state index in [0.29, 0.717) is 12.4 Å². The summed E-state index contributed by atoms with van der Waals surface area (Å²) in [5.74, 6) is -0.258. The van der Waals surface area contributed by atoms with Gasteiger partial charge in [-0.2, -0.15) is 0 Å². The van der Waals surface area contributed by atoms with Crippen LogP contribution in [0.4, 0.5) is 0 Å². The van der Waals surface area contributed by atoms with E-state index in [9.17, 15) is 9.90 Å². The zero-order valence-electron chi connectivity index (χ0n) is 13.1. The van der Waals surface area contributed by atoms with Gasteiger partial charge in [0.25, 0.3) is 0 Å². The molecule has 0 spiro atoms. The van der Waals surface area contributed by atoms with Crippen LogP contribution < -0.4 is 4.74 Å². The van der Waals surface area contributed by atoms with E-state index in [4.69, 9.17) is 4.74 Å². The van der Waals surface area contributed by atoms with Crippen molar-refractivity contribution in [3.05, 3.63) is 64.7 Å². The minimum absolute atomic E-state index is 0.268. The van der Waals surface area contributed by atoms with E-state index >= 15 is 0 Å². The highest BCUT2D eigenvalue weighted by Crippen LogP contribution is 2.27. The Morgan fingerprint density at radius 2 is 1.91 bits per heavy atom. The van der Waals surface area contributed by atoms with E-state index < -0.39 is 5.97 Å². The van der Waals surface area contributed by atoms with E-state index in [1.807, 2.05) is 63.2 Å². The molecule has 0 heterocycles. The fourth-order valence-corrected chi connectivity index (χ4v) is 2.41. The molecule has 3 heteroatoms. The molecule has 0 unspecified atom stereocenters. The Bertz CT molecular complexity index is 714. The first-order chi connectivity index (χ1) is 10.5. The van der Waals surface area contributed by atoms with Gasteiger partial charge < -0.3 is 9.84 Å². The summed E-state index contributed by atoms with van der Waals surface area (Å²) in [7, 11) is 0. The number of benzene rings is 2. The summed E-state index contributed by atoms with van der Waals surface area (Å²) >= 11 is 0. The minimum atomic E-state index is -0.946.